The van der Waals surface area contributed by atoms with E-state index in [9.17, 15) is 4.46 Å². The van der Waals surface area contributed by atoms with Gasteiger partial charge >= 0.3 is 18.2 Å². The third kappa shape index (κ3) is 12.5. The third-order valence-corrected chi connectivity index (χ3v) is 4.66. The van der Waals surface area contributed by atoms with Crippen LogP contribution in [0.5, 0.6) is 0 Å². The van der Waals surface area contributed by atoms with Gasteiger partial charge in [0.15, 0.2) is 0 Å². The maximum atomic E-state index is 9.56. The van der Waals surface area contributed by atoms with E-state index in [0.717, 1.165) is 0 Å². The Balaban J connectivity index is 0. The van der Waals surface area contributed by atoms with Crippen LogP contribution in [0.2, 0.25) is 0 Å². The van der Waals surface area contributed by atoms with Gasteiger partial charge in [0, 0.05) is 26.4 Å². The monoisotopic (exact) mass is 314 g/mol. The van der Waals surface area contributed by atoms with E-state index >= 15 is 0 Å². The molecule has 0 aromatic heterocycles. The fraction of sp³-hybridized carbons (Fsp3) is 1.00. The summed E-state index contributed by atoms with van der Waals surface area (Å²) in [5, 5.41) is 0. The molecule has 0 amide bonds. The van der Waals surface area contributed by atoms with Crippen LogP contribution in [0.15, 0.2) is 0 Å². The van der Waals surface area contributed by atoms with Crippen molar-refractivity contribution in [2.24, 2.45) is 0 Å². The van der Waals surface area contributed by atoms with Crippen molar-refractivity contribution in [3.8, 4) is 0 Å². The van der Waals surface area contributed by atoms with Gasteiger partial charge in [0.25, 0.3) is 0 Å². The van der Waals surface area contributed by atoms with Crippen molar-refractivity contribution >= 4 is 18.2 Å². The highest BCUT2D eigenvalue weighted by atomic mass is 28.4. The first-order chi connectivity index (χ1) is 9.01. The Bertz CT molecular complexity index is 187. The van der Waals surface area contributed by atoms with E-state index in [1.807, 2.05) is 27.7 Å². The van der Waals surface area contributed by atoms with Gasteiger partial charge in [0.05, 0.1) is 6.61 Å². The highest BCUT2D eigenvalue weighted by molar-refractivity contribution is 6.53. The second-order valence-corrected chi connectivity index (χ2v) is 5.91. The van der Waals surface area contributed by atoms with Gasteiger partial charge in [-0.1, -0.05) is 0 Å². The largest absolute Gasteiger partial charge is 0.764 e. The molecule has 0 aromatic rings. The average Bonchev–Trinajstić information content (AvgIpc) is 2.31. The van der Waals surface area contributed by atoms with Gasteiger partial charge in [0.1, 0.15) is 0 Å². The van der Waals surface area contributed by atoms with Gasteiger partial charge < -0.3 is 26.9 Å². The lowest BCUT2D eigenvalue weighted by atomic mass is 10.9. The minimum atomic E-state index is -2.80. The summed E-state index contributed by atoms with van der Waals surface area (Å²) in [6.07, 6.45) is 0. The summed E-state index contributed by atoms with van der Waals surface area (Å²) in [6.45, 7) is 11.8. The summed E-state index contributed by atoms with van der Waals surface area (Å²) >= 11 is 0. The van der Waals surface area contributed by atoms with Crippen molar-refractivity contribution < 1.29 is 31.4 Å². The van der Waals surface area contributed by atoms with Crippen LogP contribution in [0.1, 0.15) is 34.6 Å². The van der Waals surface area contributed by atoms with Crippen LogP contribution in [0.25, 0.3) is 0 Å². The van der Waals surface area contributed by atoms with Crippen molar-refractivity contribution in [1.82, 2.24) is 0 Å². The van der Waals surface area contributed by atoms with Crippen LogP contribution in [-0.4, -0.2) is 56.0 Å². The van der Waals surface area contributed by atoms with Crippen LogP contribution in [0.4, 0.5) is 0 Å². The molecule has 19 heavy (non-hydrogen) atoms. The Morgan fingerprint density at radius 2 is 1.11 bits per heavy atom. The molecule has 0 unspecified atom stereocenters. The summed E-state index contributed by atoms with van der Waals surface area (Å²) in [5.74, 6) is 0. The Kier molecular flexibility index (Phi) is 15.6. The minimum absolute atomic E-state index is 0.314. The maximum absolute atomic E-state index is 9.56. The van der Waals surface area contributed by atoms with Gasteiger partial charge in [-0.3, -0.25) is 4.46 Å². The van der Waals surface area contributed by atoms with Crippen LogP contribution in [0.3, 0.4) is 0 Å². The van der Waals surface area contributed by atoms with Crippen molar-refractivity contribution in [3.05, 3.63) is 0 Å². The fourth-order valence-electron chi connectivity index (χ4n) is 1.08. The van der Waals surface area contributed by atoms with Crippen molar-refractivity contribution in [2.45, 2.75) is 34.6 Å². The van der Waals surface area contributed by atoms with Gasteiger partial charge in [-0.05, 0) is 34.6 Å². The smallest absolute Gasteiger partial charge is 0.511 e. The zero-order chi connectivity index (χ0) is 15.1. The lowest BCUT2D eigenvalue weighted by Crippen LogP contribution is -2.49. The first-order valence-corrected chi connectivity index (χ1v) is 9.32. The van der Waals surface area contributed by atoms with E-state index < -0.39 is 18.2 Å². The molecule has 116 valence electrons. The molecule has 0 aliphatic heterocycles. The number of hydrogen-bond donors (Lipinski definition) is 1. The van der Waals surface area contributed by atoms with Crippen LogP contribution in [-0.2, 0) is 26.6 Å². The van der Waals surface area contributed by atoms with Crippen molar-refractivity contribution in [3.63, 3.8) is 0 Å². The van der Waals surface area contributed by atoms with Crippen LogP contribution >= 0.6 is 0 Å². The Hall–Kier alpha value is -0.326. The highest BCUT2D eigenvalue weighted by Gasteiger charge is 2.44. The minimum Gasteiger partial charge on any atom is -0.511 e. The summed E-state index contributed by atoms with van der Waals surface area (Å²) in [4.78, 5) is 7.88. The Labute approximate surface area is 118 Å². The normalized spacial score (nSPS) is 10.6. The maximum Gasteiger partial charge on any atom is 0.764 e. The molecule has 0 aromatic carbocycles. The highest BCUT2D eigenvalue weighted by Crippen LogP contribution is 2.11. The predicted molar refractivity (Wildman–Crippen MR) is 72.5 cm³/mol. The second kappa shape index (κ2) is 14.1. The molecule has 9 heteroatoms. The molecular weight excluding hydrogens is 288 g/mol. The summed E-state index contributed by atoms with van der Waals surface area (Å²) < 4.78 is 35.4. The summed E-state index contributed by atoms with van der Waals surface area (Å²) in [6, 6.07) is 0. The van der Waals surface area contributed by atoms with Gasteiger partial charge in [-0.25, -0.2) is 0 Å². The molecule has 0 aliphatic carbocycles. The van der Waals surface area contributed by atoms with Crippen LogP contribution in [0, 0.1) is 0 Å². The standard InChI is InChI=1S/C8H20O4Si.C2H6O3Si/c1-5-9-13(10-6-2,11-7-3)12-8-4;1-2-5-6(3)4/h5-8H2,1-4H3;3H,2H2,1H3. The predicted octanol–water partition coefficient (Wildman–Crippen LogP) is 0.999. The SMILES string of the molecule is CCO[Si](=O)O.CCO[Si](OCC)(OCC)OCC. The molecule has 0 aliphatic rings. The zero-order valence-corrected chi connectivity index (χ0v) is 14.4. The molecule has 0 saturated carbocycles. The summed E-state index contributed by atoms with van der Waals surface area (Å²) in [7, 11) is -5.43. The van der Waals surface area contributed by atoms with E-state index in [0.29, 0.717) is 33.0 Å². The van der Waals surface area contributed by atoms with E-state index in [1.54, 1.807) is 6.92 Å². The average molecular weight is 314 g/mol. The Morgan fingerprint density at radius 3 is 1.21 bits per heavy atom. The summed E-state index contributed by atoms with van der Waals surface area (Å²) in [5.41, 5.74) is 0. The molecule has 0 saturated heterocycles. The van der Waals surface area contributed by atoms with E-state index in [4.69, 9.17) is 22.5 Å². The molecule has 0 spiro atoms. The van der Waals surface area contributed by atoms with Crippen molar-refractivity contribution in [2.75, 3.05) is 33.0 Å². The van der Waals surface area contributed by atoms with E-state index in [1.165, 1.54) is 0 Å². The number of hydrogen-bond acceptors (Lipinski definition) is 6. The lowest BCUT2D eigenvalue weighted by molar-refractivity contribution is -0.0247. The van der Waals surface area contributed by atoms with Gasteiger partial charge in [-0.2, -0.15) is 0 Å². The molecular formula is C10H26O7Si2. The fourth-order valence-corrected chi connectivity index (χ4v) is 3.24. The Morgan fingerprint density at radius 1 is 0.789 bits per heavy atom. The molecule has 1 N–H and O–H groups in total. The van der Waals surface area contributed by atoms with E-state index in [2.05, 4.69) is 4.43 Å². The second-order valence-electron chi connectivity index (χ2n) is 2.93. The lowest BCUT2D eigenvalue weighted by Gasteiger charge is -2.26. The molecule has 0 heterocycles. The molecule has 0 radical (unpaired) electrons. The van der Waals surface area contributed by atoms with E-state index in [-0.39, 0.29) is 0 Å². The molecule has 7 nitrogen and oxygen atoms in total. The zero-order valence-electron chi connectivity index (χ0n) is 12.4. The first kappa shape index (κ1) is 21.0. The molecule has 0 fully saturated rings. The topological polar surface area (TPSA) is 83.5 Å². The first-order valence-electron chi connectivity index (χ1n) is 6.43. The van der Waals surface area contributed by atoms with Gasteiger partial charge in [0.2, 0.25) is 0 Å². The number of rotatable bonds is 10. The molecule has 0 atom stereocenters. The van der Waals surface area contributed by atoms with Crippen LogP contribution < -0.4 is 0 Å². The van der Waals surface area contributed by atoms with Gasteiger partial charge in [-0.15, -0.1) is 0 Å². The molecule has 0 bridgehead atoms. The third-order valence-electron chi connectivity index (χ3n) is 1.55. The van der Waals surface area contributed by atoms with Crippen molar-refractivity contribution in [1.29, 1.82) is 0 Å². The quantitative estimate of drug-likeness (QED) is 0.602. The molecule has 0 rings (SSSR count).